The highest BCUT2D eigenvalue weighted by Gasteiger charge is 2.18. The Hall–Kier alpha value is -2.14. The molecule has 0 fully saturated rings. The van der Waals surface area contributed by atoms with Gasteiger partial charge in [0.05, 0.1) is 10.4 Å². The number of thiophene rings is 1. The Balaban J connectivity index is 1.65. The molecule has 2 N–H and O–H groups in total. The van der Waals surface area contributed by atoms with Gasteiger partial charge in [-0.3, -0.25) is 4.79 Å². The molecule has 108 valence electrons. The molecule has 1 aliphatic carbocycles. The van der Waals surface area contributed by atoms with Gasteiger partial charge >= 0.3 is 5.97 Å². The number of hydrogen-bond donors (Lipinski definition) is 2. The standard InChI is InChI=1S/C16H15NO3S/c18-15(14-8-11-4-2-6-13(11)21-14)17-9-10-3-1-5-12(7-10)16(19)20/h1,3,5,7-8H,2,4,6,9H2,(H,17,18)(H,19,20). The zero-order chi connectivity index (χ0) is 14.8. The molecule has 1 heterocycles. The number of carboxylic acids is 1. The first-order valence-corrected chi connectivity index (χ1v) is 7.67. The summed E-state index contributed by atoms with van der Waals surface area (Å²) in [4.78, 5) is 25.1. The highest BCUT2D eigenvalue weighted by Crippen LogP contribution is 2.30. The van der Waals surface area contributed by atoms with Crippen molar-refractivity contribution in [2.75, 3.05) is 0 Å². The van der Waals surface area contributed by atoms with Gasteiger partial charge in [0.1, 0.15) is 0 Å². The SMILES string of the molecule is O=C(O)c1cccc(CNC(=O)c2cc3c(s2)CCC3)c1. The summed E-state index contributed by atoms with van der Waals surface area (Å²) in [6.45, 7) is 0.336. The molecule has 21 heavy (non-hydrogen) atoms. The number of amides is 1. The molecule has 0 spiro atoms. The number of nitrogens with one attached hydrogen (secondary N) is 1. The Labute approximate surface area is 126 Å². The molecule has 1 aromatic heterocycles. The van der Waals surface area contributed by atoms with Gasteiger partial charge in [0.2, 0.25) is 0 Å². The van der Waals surface area contributed by atoms with E-state index in [1.54, 1.807) is 29.5 Å². The molecule has 5 heteroatoms. The minimum absolute atomic E-state index is 0.0878. The van der Waals surface area contributed by atoms with Crippen LogP contribution in [0.4, 0.5) is 0 Å². The van der Waals surface area contributed by atoms with Crippen LogP contribution in [0.15, 0.2) is 30.3 Å². The van der Waals surface area contributed by atoms with Crippen molar-refractivity contribution >= 4 is 23.2 Å². The van der Waals surface area contributed by atoms with E-state index in [4.69, 9.17) is 5.11 Å². The maximum atomic E-state index is 12.1. The second kappa shape index (κ2) is 5.69. The van der Waals surface area contributed by atoms with E-state index in [0.717, 1.165) is 23.3 Å². The quantitative estimate of drug-likeness (QED) is 0.912. The number of aryl methyl sites for hydroxylation is 2. The van der Waals surface area contributed by atoms with Crippen LogP contribution in [0.3, 0.4) is 0 Å². The van der Waals surface area contributed by atoms with Crippen molar-refractivity contribution in [1.29, 1.82) is 0 Å². The average Bonchev–Trinajstić information content (AvgIpc) is 3.06. The molecule has 0 saturated carbocycles. The number of carboxylic acid groups (broad SMARTS) is 1. The van der Waals surface area contributed by atoms with Crippen molar-refractivity contribution in [3.63, 3.8) is 0 Å². The molecule has 0 saturated heterocycles. The van der Waals surface area contributed by atoms with Crippen LogP contribution in [0.25, 0.3) is 0 Å². The molecule has 0 bridgehead atoms. The number of benzene rings is 1. The Morgan fingerprint density at radius 3 is 2.86 bits per heavy atom. The molecular formula is C16H15NO3S. The first-order valence-electron chi connectivity index (χ1n) is 6.85. The van der Waals surface area contributed by atoms with Crippen LogP contribution in [0, 0.1) is 0 Å². The predicted octanol–water partition coefficient (Wildman–Crippen LogP) is 2.87. The van der Waals surface area contributed by atoms with E-state index >= 15 is 0 Å². The fourth-order valence-electron chi connectivity index (χ4n) is 2.52. The summed E-state index contributed by atoms with van der Waals surface area (Å²) in [5.74, 6) is -1.05. The van der Waals surface area contributed by atoms with Crippen LogP contribution in [0.1, 0.15) is 42.5 Å². The number of carbonyl (C=O) groups is 2. The van der Waals surface area contributed by atoms with Crippen LogP contribution in [0.5, 0.6) is 0 Å². The highest BCUT2D eigenvalue weighted by molar-refractivity contribution is 7.14. The summed E-state index contributed by atoms with van der Waals surface area (Å²) in [5, 5.41) is 11.8. The smallest absolute Gasteiger partial charge is 0.335 e. The third-order valence-electron chi connectivity index (χ3n) is 3.60. The lowest BCUT2D eigenvalue weighted by Crippen LogP contribution is -2.22. The van der Waals surface area contributed by atoms with E-state index < -0.39 is 5.97 Å². The third-order valence-corrected chi connectivity index (χ3v) is 4.83. The molecule has 0 radical (unpaired) electrons. The van der Waals surface area contributed by atoms with Gasteiger partial charge in [-0.1, -0.05) is 12.1 Å². The van der Waals surface area contributed by atoms with Crippen molar-refractivity contribution in [1.82, 2.24) is 5.32 Å². The molecule has 3 rings (SSSR count). The second-order valence-electron chi connectivity index (χ2n) is 5.10. The predicted molar refractivity (Wildman–Crippen MR) is 80.9 cm³/mol. The maximum Gasteiger partial charge on any atom is 0.335 e. The number of aromatic carboxylic acids is 1. The van der Waals surface area contributed by atoms with Gasteiger partial charge in [-0.2, -0.15) is 0 Å². The number of hydrogen-bond acceptors (Lipinski definition) is 3. The first kappa shape index (κ1) is 13.8. The summed E-state index contributed by atoms with van der Waals surface area (Å²) >= 11 is 1.57. The van der Waals surface area contributed by atoms with Crippen LogP contribution >= 0.6 is 11.3 Å². The summed E-state index contributed by atoms with van der Waals surface area (Å²) in [6.07, 6.45) is 3.33. The van der Waals surface area contributed by atoms with E-state index in [-0.39, 0.29) is 11.5 Å². The van der Waals surface area contributed by atoms with Crippen LogP contribution in [-0.4, -0.2) is 17.0 Å². The van der Waals surface area contributed by atoms with Gasteiger partial charge in [0.15, 0.2) is 0 Å². The molecule has 0 unspecified atom stereocenters. The molecule has 0 atom stereocenters. The first-order chi connectivity index (χ1) is 10.1. The highest BCUT2D eigenvalue weighted by atomic mass is 32.1. The normalized spacial score (nSPS) is 13.0. The van der Waals surface area contributed by atoms with Crippen LogP contribution < -0.4 is 5.32 Å². The summed E-state index contributed by atoms with van der Waals surface area (Å²) in [6, 6.07) is 8.59. The second-order valence-corrected chi connectivity index (χ2v) is 6.24. The molecule has 2 aromatic rings. The van der Waals surface area contributed by atoms with Crippen molar-refractivity contribution in [3.8, 4) is 0 Å². The fourth-order valence-corrected chi connectivity index (χ4v) is 3.69. The van der Waals surface area contributed by atoms with E-state index in [1.807, 2.05) is 6.07 Å². The van der Waals surface area contributed by atoms with Crippen molar-refractivity contribution < 1.29 is 14.7 Å². The maximum absolute atomic E-state index is 12.1. The molecule has 1 aromatic carbocycles. The van der Waals surface area contributed by atoms with Crippen LogP contribution in [0.2, 0.25) is 0 Å². The lowest BCUT2D eigenvalue weighted by Gasteiger charge is -2.05. The van der Waals surface area contributed by atoms with Gasteiger partial charge in [0, 0.05) is 11.4 Å². The molecular weight excluding hydrogens is 286 g/mol. The lowest BCUT2D eigenvalue weighted by atomic mass is 10.1. The van der Waals surface area contributed by atoms with Crippen molar-refractivity contribution in [2.24, 2.45) is 0 Å². The topological polar surface area (TPSA) is 66.4 Å². The monoisotopic (exact) mass is 301 g/mol. The van der Waals surface area contributed by atoms with Gasteiger partial charge in [0.25, 0.3) is 5.91 Å². The average molecular weight is 301 g/mol. The van der Waals surface area contributed by atoms with Gasteiger partial charge in [-0.25, -0.2) is 4.79 Å². The van der Waals surface area contributed by atoms with E-state index in [1.165, 1.54) is 22.9 Å². The van der Waals surface area contributed by atoms with Crippen molar-refractivity contribution in [2.45, 2.75) is 25.8 Å². The zero-order valence-electron chi connectivity index (χ0n) is 11.4. The van der Waals surface area contributed by atoms with Gasteiger partial charge < -0.3 is 10.4 Å². The number of rotatable bonds is 4. The third kappa shape index (κ3) is 2.97. The zero-order valence-corrected chi connectivity index (χ0v) is 12.2. The fraction of sp³-hybridized carbons (Fsp3) is 0.250. The number of fused-ring (bicyclic) bond motifs is 1. The minimum Gasteiger partial charge on any atom is -0.478 e. The van der Waals surface area contributed by atoms with Crippen LogP contribution in [-0.2, 0) is 19.4 Å². The Morgan fingerprint density at radius 1 is 1.24 bits per heavy atom. The lowest BCUT2D eigenvalue weighted by molar-refractivity contribution is 0.0696. The van der Waals surface area contributed by atoms with E-state index in [9.17, 15) is 9.59 Å². The van der Waals surface area contributed by atoms with E-state index in [2.05, 4.69) is 5.32 Å². The summed E-state index contributed by atoms with van der Waals surface area (Å²) in [5.41, 5.74) is 2.32. The Kier molecular flexibility index (Phi) is 3.75. The number of carbonyl (C=O) groups excluding carboxylic acids is 1. The summed E-state index contributed by atoms with van der Waals surface area (Å²) in [7, 11) is 0. The molecule has 4 nitrogen and oxygen atoms in total. The molecule has 1 aliphatic rings. The Bertz CT molecular complexity index is 684. The van der Waals surface area contributed by atoms with E-state index in [0.29, 0.717) is 6.54 Å². The minimum atomic E-state index is -0.960. The van der Waals surface area contributed by atoms with Gasteiger partial charge in [-0.15, -0.1) is 11.3 Å². The van der Waals surface area contributed by atoms with Crippen molar-refractivity contribution in [3.05, 3.63) is 56.8 Å². The largest absolute Gasteiger partial charge is 0.478 e. The molecule has 0 aliphatic heterocycles. The Morgan fingerprint density at radius 2 is 2.10 bits per heavy atom. The molecule has 1 amide bonds. The summed E-state index contributed by atoms with van der Waals surface area (Å²) < 4.78 is 0. The van der Waals surface area contributed by atoms with Gasteiger partial charge in [-0.05, 0) is 48.6 Å².